The summed E-state index contributed by atoms with van der Waals surface area (Å²) in [5.74, 6) is 0.667. The summed E-state index contributed by atoms with van der Waals surface area (Å²) in [6, 6.07) is 8.24. The molecule has 2 aromatic rings. The van der Waals surface area contributed by atoms with Gasteiger partial charge in [0.05, 0.1) is 45.4 Å². The molecule has 1 atom stereocenters. The van der Waals surface area contributed by atoms with Gasteiger partial charge in [-0.2, -0.15) is 0 Å². The lowest BCUT2D eigenvalue weighted by Gasteiger charge is -2.29. The van der Waals surface area contributed by atoms with Gasteiger partial charge in [0, 0.05) is 18.8 Å². The van der Waals surface area contributed by atoms with Crippen molar-refractivity contribution in [1.82, 2.24) is 10.3 Å². The number of carbonyl (C=O) groups is 1. The highest BCUT2D eigenvalue weighted by Crippen LogP contribution is 2.31. The molecule has 0 spiro atoms. The molecule has 2 fully saturated rings. The molecule has 2 N–H and O–H groups in total. The van der Waals surface area contributed by atoms with Crippen LogP contribution >= 0.6 is 11.3 Å². The van der Waals surface area contributed by atoms with E-state index in [9.17, 15) is 13.2 Å². The third kappa shape index (κ3) is 4.33. The molecule has 1 amide bonds. The van der Waals surface area contributed by atoms with Crippen LogP contribution in [0.15, 0.2) is 24.3 Å². The van der Waals surface area contributed by atoms with Crippen LogP contribution in [-0.2, 0) is 14.6 Å². The minimum absolute atomic E-state index is 0.0389. The van der Waals surface area contributed by atoms with Crippen molar-refractivity contribution in [2.24, 2.45) is 0 Å². The standard InChI is InChI=1S/C19H25N3O3S2/c1-19(8-11-27(24,25)13-19)21-17(23)12-22-9-6-14(7-10-22)18-20-15-4-2-3-5-16(15)26-18/h2-5,14H,6-13H2,1H3,(H,21,23)/p+1/t19-/m1/s1. The molecule has 2 aliphatic heterocycles. The van der Waals surface area contributed by atoms with Crippen LogP contribution in [0, 0.1) is 0 Å². The number of nitrogens with one attached hydrogen (secondary N) is 2. The summed E-state index contributed by atoms with van der Waals surface area (Å²) in [7, 11) is -3.01. The number of rotatable bonds is 4. The van der Waals surface area contributed by atoms with Gasteiger partial charge in [0.2, 0.25) is 0 Å². The fourth-order valence-electron chi connectivity index (χ4n) is 4.23. The zero-order valence-electron chi connectivity index (χ0n) is 15.5. The minimum Gasteiger partial charge on any atom is -0.345 e. The van der Waals surface area contributed by atoms with Gasteiger partial charge in [-0.05, 0) is 25.5 Å². The fraction of sp³-hybridized carbons (Fsp3) is 0.579. The molecule has 0 aliphatic carbocycles. The van der Waals surface area contributed by atoms with Crippen LogP contribution < -0.4 is 10.2 Å². The molecule has 3 heterocycles. The molecule has 6 nitrogen and oxygen atoms in total. The number of thiazole rings is 1. The van der Waals surface area contributed by atoms with E-state index in [1.165, 1.54) is 14.6 Å². The Morgan fingerprint density at radius 3 is 2.74 bits per heavy atom. The number of aromatic nitrogens is 1. The molecule has 0 radical (unpaired) electrons. The normalized spacial score (nSPS) is 30.4. The number of para-hydroxylation sites is 1. The van der Waals surface area contributed by atoms with Crippen LogP contribution in [0.2, 0.25) is 0 Å². The van der Waals surface area contributed by atoms with Gasteiger partial charge in [0.15, 0.2) is 16.4 Å². The molecule has 0 bridgehead atoms. The topological polar surface area (TPSA) is 80.6 Å². The Morgan fingerprint density at radius 2 is 2.07 bits per heavy atom. The number of sulfone groups is 1. The molecule has 2 aliphatic rings. The highest BCUT2D eigenvalue weighted by molar-refractivity contribution is 7.91. The molecule has 2 saturated heterocycles. The molecule has 0 saturated carbocycles. The van der Waals surface area contributed by atoms with Crippen LogP contribution in [-0.4, -0.2) is 56.0 Å². The third-order valence-corrected chi connectivity index (χ3v) is 8.81. The lowest BCUT2D eigenvalue weighted by atomic mass is 9.97. The van der Waals surface area contributed by atoms with Crippen molar-refractivity contribution in [3.05, 3.63) is 29.3 Å². The zero-order chi connectivity index (χ0) is 19.1. The predicted molar refractivity (Wildman–Crippen MR) is 107 cm³/mol. The Labute approximate surface area is 163 Å². The van der Waals surface area contributed by atoms with Gasteiger partial charge in [-0.25, -0.2) is 13.4 Å². The fourth-order valence-corrected chi connectivity index (χ4v) is 7.46. The molecule has 4 rings (SSSR count). The van der Waals surface area contributed by atoms with Crippen LogP contribution in [0.25, 0.3) is 10.2 Å². The molecule has 146 valence electrons. The number of hydrogen-bond acceptors (Lipinski definition) is 5. The van der Waals surface area contributed by atoms with E-state index >= 15 is 0 Å². The number of amides is 1. The number of hydrogen-bond donors (Lipinski definition) is 2. The van der Waals surface area contributed by atoms with Crippen molar-refractivity contribution in [3.8, 4) is 0 Å². The average Bonchev–Trinajstić information content (AvgIpc) is 3.15. The van der Waals surface area contributed by atoms with Gasteiger partial charge < -0.3 is 10.2 Å². The molecule has 1 aromatic heterocycles. The molecule has 1 aromatic carbocycles. The molecule has 0 unspecified atom stereocenters. The summed E-state index contributed by atoms with van der Waals surface area (Å²) in [5.41, 5.74) is 0.473. The third-order valence-electron chi connectivity index (χ3n) is 5.71. The second kappa shape index (κ2) is 7.14. The molecular formula is C19H26N3O3S2+. The number of quaternary nitrogens is 1. The Balaban J connectivity index is 1.30. The van der Waals surface area contributed by atoms with Crippen LogP contribution in [0.1, 0.15) is 37.1 Å². The Hall–Kier alpha value is -1.51. The van der Waals surface area contributed by atoms with E-state index in [4.69, 9.17) is 4.98 Å². The van der Waals surface area contributed by atoms with E-state index in [0.29, 0.717) is 18.9 Å². The summed E-state index contributed by atoms with van der Waals surface area (Å²) in [5, 5.41) is 4.18. The van der Waals surface area contributed by atoms with Crippen molar-refractivity contribution in [2.75, 3.05) is 31.1 Å². The first kappa shape index (κ1) is 18.8. The molecular weight excluding hydrogens is 382 g/mol. The summed E-state index contributed by atoms with van der Waals surface area (Å²) in [6.45, 7) is 4.15. The van der Waals surface area contributed by atoms with E-state index < -0.39 is 15.4 Å². The second-order valence-corrected chi connectivity index (χ2v) is 11.4. The van der Waals surface area contributed by atoms with Crippen LogP contribution in [0.3, 0.4) is 0 Å². The highest BCUT2D eigenvalue weighted by atomic mass is 32.2. The molecule has 27 heavy (non-hydrogen) atoms. The average molecular weight is 409 g/mol. The van der Waals surface area contributed by atoms with E-state index in [1.54, 1.807) is 11.3 Å². The number of nitrogens with zero attached hydrogens (tertiary/aromatic N) is 1. The number of carbonyl (C=O) groups excluding carboxylic acids is 1. The van der Waals surface area contributed by atoms with Gasteiger partial charge in [0.25, 0.3) is 5.91 Å². The van der Waals surface area contributed by atoms with Crippen molar-refractivity contribution in [2.45, 2.75) is 37.6 Å². The van der Waals surface area contributed by atoms with Gasteiger partial charge in [0.1, 0.15) is 0 Å². The van der Waals surface area contributed by atoms with Crippen LogP contribution in [0.4, 0.5) is 0 Å². The minimum atomic E-state index is -3.01. The first-order chi connectivity index (χ1) is 12.8. The highest BCUT2D eigenvalue weighted by Gasteiger charge is 2.40. The van der Waals surface area contributed by atoms with Gasteiger partial charge in [-0.15, -0.1) is 11.3 Å². The number of benzene rings is 1. The van der Waals surface area contributed by atoms with E-state index in [2.05, 4.69) is 17.4 Å². The first-order valence-corrected chi connectivity index (χ1v) is 12.2. The summed E-state index contributed by atoms with van der Waals surface area (Å²) in [6.07, 6.45) is 2.58. The summed E-state index contributed by atoms with van der Waals surface area (Å²) >= 11 is 1.78. The largest absolute Gasteiger partial charge is 0.345 e. The quantitative estimate of drug-likeness (QED) is 0.783. The number of likely N-dealkylation sites (tertiary alicyclic amines) is 1. The Bertz CT molecular complexity index is 915. The summed E-state index contributed by atoms with van der Waals surface area (Å²) in [4.78, 5) is 18.5. The van der Waals surface area contributed by atoms with Crippen molar-refractivity contribution in [1.29, 1.82) is 0 Å². The van der Waals surface area contributed by atoms with Crippen molar-refractivity contribution >= 4 is 37.3 Å². The Morgan fingerprint density at radius 1 is 1.33 bits per heavy atom. The summed E-state index contributed by atoms with van der Waals surface area (Å²) < 4.78 is 24.6. The van der Waals surface area contributed by atoms with Gasteiger partial charge in [-0.3, -0.25) is 4.79 Å². The van der Waals surface area contributed by atoms with E-state index in [1.807, 2.05) is 19.1 Å². The number of piperidine rings is 1. The van der Waals surface area contributed by atoms with E-state index in [-0.39, 0.29) is 17.4 Å². The SMILES string of the molecule is C[C@@]1(NC(=O)C[NH+]2CCC(c3nc4ccccc4s3)CC2)CCS(=O)(=O)C1. The second-order valence-electron chi connectivity index (χ2n) is 8.17. The lowest BCUT2D eigenvalue weighted by Crippen LogP contribution is -3.14. The zero-order valence-corrected chi connectivity index (χ0v) is 17.2. The maximum absolute atomic E-state index is 12.4. The smallest absolute Gasteiger partial charge is 0.275 e. The van der Waals surface area contributed by atoms with E-state index in [0.717, 1.165) is 31.4 Å². The predicted octanol–water partition coefficient (Wildman–Crippen LogP) is 0.752. The first-order valence-electron chi connectivity index (χ1n) is 9.52. The lowest BCUT2D eigenvalue weighted by molar-refractivity contribution is -0.897. The van der Waals surface area contributed by atoms with Crippen LogP contribution in [0.5, 0.6) is 0 Å². The van der Waals surface area contributed by atoms with Gasteiger partial charge in [-0.1, -0.05) is 12.1 Å². The monoisotopic (exact) mass is 408 g/mol. The van der Waals surface area contributed by atoms with Crippen molar-refractivity contribution in [3.63, 3.8) is 0 Å². The Kier molecular flexibility index (Phi) is 4.98. The maximum atomic E-state index is 12.4. The van der Waals surface area contributed by atoms with Gasteiger partial charge >= 0.3 is 0 Å². The maximum Gasteiger partial charge on any atom is 0.275 e. The molecule has 8 heteroatoms. The van der Waals surface area contributed by atoms with Crippen molar-refractivity contribution < 1.29 is 18.1 Å². The number of fused-ring (bicyclic) bond motifs is 1.